The molecule has 1 atom stereocenters. The van der Waals surface area contributed by atoms with Gasteiger partial charge in [0.15, 0.2) is 0 Å². The second-order valence-corrected chi connectivity index (χ2v) is 5.72. The van der Waals surface area contributed by atoms with Gasteiger partial charge < -0.3 is 15.5 Å². The van der Waals surface area contributed by atoms with Crippen molar-refractivity contribution in [2.24, 2.45) is 11.7 Å². The lowest BCUT2D eigenvalue weighted by Gasteiger charge is -2.20. The number of carbonyl (C=O) groups excluding carboxylic acids is 1. The summed E-state index contributed by atoms with van der Waals surface area (Å²) in [4.78, 5) is 16.0. The predicted molar refractivity (Wildman–Crippen MR) is 81.1 cm³/mol. The first-order valence-corrected chi connectivity index (χ1v) is 7.39. The lowest BCUT2D eigenvalue weighted by Crippen LogP contribution is -2.30. The zero-order chi connectivity index (χ0) is 14.4. The van der Waals surface area contributed by atoms with Crippen LogP contribution in [0.1, 0.15) is 18.4 Å². The van der Waals surface area contributed by atoms with Crippen LogP contribution in [0.4, 0.5) is 0 Å². The topological polar surface area (TPSA) is 49.6 Å². The van der Waals surface area contributed by atoms with Crippen LogP contribution in [0, 0.1) is 5.92 Å². The highest BCUT2D eigenvalue weighted by Crippen LogP contribution is 2.16. The summed E-state index contributed by atoms with van der Waals surface area (Å²) in [6.45, 7) is 4.29. The van der Waals surface area contributed by atoms with Gasteiger partial charge in [0.25, 0.3) is 0 Å². The smallest absolute Gasteiger partial charge is 0.222 e. The number of benzene rings is 1. The Morgan fingerprint density at radius 3 is 2.75 bits per heavy atom. The van der Waals surface area contributed by atoms with E-state index in [9.17, 15) is 4.79 Å². The maximum Gasteiger partial charge on any atom is 0.222 e. The molecule has 1 aromatic carbocycles. The Morgan fingerprint density at radius 2 is 2.10 bits per heavy atom. The summed E-state index contributed by atoms with van der Waals surface area (Å²) in [5, 5.41) is 0. The van der Waals surface area contributed by atoms with Gasteiger partial charge in [-0.25, -0.2) is 0 Å². The average Bonchev–Trinajstić information content (AvgIpc) is 2.81. The maximum absolute atomic E-state index is 11.8. The van der Waals surface area contributed by atoms with Gasteiger partial charge in [0.05, 0.1) is 0 Å². The van der Waals surface area contributed by atoms with Crippen molar-refractivity contribution in [3.05, 3.63) is 35.9 Å². The van der Waals surface area contributed by atoms with Gasteiger partial charge in [-0.2, -0.15) is 0 Å². The van der Waals surface area contributed by atoms with E-state index in [-0.39, 0.29) is 5.91 Å². The zero-order valence-electron chi connectivity index (χ0n) is 12.3. The van der Waals surface area contributed by atoms with Crippen LogP contribution in [0.15, 0.2) is 30.3 Å². The SMILES string of the molecule is CN(CCCN1CC(CN)CC1=O)Cc1ccccc1. The minimum atomic E-state index is 0.270. The Balaban J connectivity index is 1.67. The molecule has 1 aromatic rings. The fourth-order valence-corrected chi connectivity index (χ4v) is 2.73. The van der Waals surface area contributed by atoms with Gasteiger partial charge in [-0.15, -0.1) is 0 Å². The Hall–Kier alpha value is -1.39. The quantitative estimate of drug-likeness (QED) is 0.816. The molecular formula is C16H25N3O. The molecule has 0 saturated carbocycles. The molecule has 0 bridgehead atoms. The predicted octanol–water partition coefficient (Wildman–Crippen LogP) is 1.32. The molecular weight excluding hydrogens is 250 g/mol. The number of carbonyl (C=O) groups is 1. The van der Waals surface area contributed by atoms with Crippen LogP contribution in [0.25, 0.3) is 0 Å². The summed E-state index contributed by atoms with van der Waals surface area (Å²) in [6, 6.07) is 10.5. The molecule has 0 spiro atoms. The summed E-state index contributed by atoms with van der Waals surface area (Å²) in [5.74, 6) is 0.635. The van der Waals surface area contributed by atoms with Crippen molar-refractivity contribution >= 4 is 5.91 Å². The molecule has 0 radical (unpaired) electrons. The number of hydrogen-bond donors (Lipinski definition) is 1. The third-order valence-electron chi connectivity index (χ3n) is 3.89. The van der Waals surface area contributed by atoms with Gasteiger partial charge >= 0.3 is 0 Å². The Labute approximate surface area is 121 Å². The number of amides is 1. The lowest BCUT2D eigenvalue weighted by atomic mass is 10.1. The van der Waals surface area contributed by atoms with E-state index in [0.717, 1.165) is 32.6 Å². The van der Waals surface area contributed by atoms with Crippen LogP contribution in [-0.2, 0) is 11.3 Å². The van der Waals surface area contributed by atoms with Gasteiger partial charge in [-0.3, -0.25) is 4.79 Å². The molecule has 1 heterocycles. The van der Waals surface area contributed by atoms with Crippen molar-refractivity contribution in [1.82, 2.24) is 9.80 Å². The van der Waals surface area contributed by atoms with E-state index >= 15 is 0 Å². The first-order chi connectivity index (χ1) is 9.69. The van der Waals surface area contributed by atoms with Crippen molar-refractivity contribution in [2.75, 3.05) is 33.2 Å². The van der Waals surface area contributed by atoms with Crippen molar-refractivity contribution in [1.29, 1.82) is 0 Å². The first-order valence-electron chi connectivity index (χ1n) is 7.39. The van der Waals surface area contributed by atoms with E-state index in [1.54, 1.807) is 0 Å². The number of nitrogens with zero attached hydrogens (tertiary/aromatic N) is 2. The molecule has 20 heavy (non-hydrogen) atoms. The van der Waals surface area contributed by atoms with Gasteiger partial charge in [0, 0.05) is 26.1 Å². The minimum Gasteiger partial charge on any atom is -0.342 e. The molecule has 1 aliphatic heterocycles. The molecule has 1 fully saturated rings. The number of nitrogens with two attached hydrogens (primary N) is 1. The van der Waals surface area contributed by atoms with Gasteiger partial charge in [0.1, 0.15) is 0 Å². The Bertz CT molecular complexity index is 421. The van der Waals surface area contributed by atoms with Gasteiger partial charge in [0.2, 0.25) is 5.91 Å². The first kappa shape index (κ1) is 15.0. The average molecular weight is 275 g/mol. The zero-order valence-corrected chi connectivity index (χ0v) is 12.3. The van der Waals surface area contributed by atoms with Crippen LogP contribution >= 0.6 is 0 Å². The Kier molecular flexibility index (Phi) is 5.56. The summed E-state index contributed by atoms with van der Waals surface area (Å²) in [5.41, 5.74) is 6.96. The normalized spacial score (nSPS) is 19.1. The molecule has 2 N–H and O–H groups in total. The van der Waals surface area contributed by atoms with E-state index < -0.39 is 0 Å². The van der Waals surface area contributed by atoms with Crippen LogP contribution in [-0.4, -0.2) is 48.9 Å². The fraction of sp³-hybridized carbons (Fsp3) is 0.562. The Morgan fingerprint density at radius 1 is 1.35 bits per heavy atom. The highest BCUT2D eigenvalue weighted by molar-refractivity contribution is 5.78. The molecule has 1 unspecified atom stereocenters. The highest BCUT2D eigenvalue weighted by Gasteiger charge is 2.27. The summed E-state index contributed by atoms with van der Waals surface area (Å²) < 4.78 is 0. The second-order valence-electron chi connectivity index (χ2n) is 5.72. The van der Waals surface area contributed by atoms with E-state index in [0.29, 0.717) is 18.9 Å². The van der Waals surface area contributed by atoms with Crippen molar-refractivity contribution in [2.45, 2.75) is 19.4 Å². The monoisotopic (exact) mass is 275 g/mol. The van der Waals surface area contributed by atoms with Crippen molar-refractivity contribution in [3.63, 3.8) is 0 Å². The van der Waals surface area contributed by atoms with E-state index in [4.69, 9.17) is 5.73 Å². The largest absolute Gasteiger partial charge is 0.342 e. The van der Waals surface area contributed by atoms with E-state index in [1.807, 2.05) is 11.0 Å². The molecule has 0 aromatic heterocycles. The standard InChI is InChI=1S/C16H25N3O/c1-18(12-14-6-3-2-4-7-14)8-5-9-19-13-15(11-17)10-16(19)20/h2-4,6-7,15H,5,8-13,17H2,1H3. The van der Waals surface area contributed by atoms with Gasteiger partial charge in [-0.1, -0.05) is 30.3 Å². The molecule has 4 nitrogen and oxygen atoms in total. The molecule has 110 valence electrons. The molecule has 1 amide bonds. The van der Waals surface area contributed by atoms with Crippen LogP contribution in [0.3, 0.4) is 0 Å². The summed E-state index contributed by atoms with van der Waals surface area (Å²) in [7, 11) is 2.13. The van der Waals surface area contributed by atoms with Gasteiger partial charge in [-0.05, 0) is 38.0 Å². The van der Waals surface area contributed by atoms with Crippen molar-refractivity contribution < 1.29 is 4.79 Å². The van der Waals surface area contributed by atoms with Crippen molar-refractivity contribution in [3.8, 4) is 0 Å². The van der Waals surface area contributed by atoms with Crippen LogP contribution in [0.5, 0.6) is 0 Å². The summed E-state index contributed by atoms with van der Waals surface area (Å²) in [6.07, 6.45) is 1.66. The minimum absolute atomic E-state index is 0.270. The molecule has 1 aliphatic rings. The second kappa shape index (κ2) is 7.41. The molecule has 1 saturated heterocycles. The highest BCUT2D eigenvalue weighted by atomic mass is 16.2. The third-order valence-corrected chi connectivity index (χ3v) is 3.89. The van der Waals surface area contributed by atoms with Crippen LogP contribution < -0.4 is 5.73 Å². The van der Waals surface area contributed by atoms with E-state index in [1.165, 1.54) is 5.56 Å². The number of rotatable bonds is 7. The lowest BCUT2D eigenvalue weighted by molar-refractivity contribution is -0.127. The summed E-state index contributed by atoms with van der Waals surface area (Å²) >= 11 is 0. The third kappa shape index (κ3) is 4.32. The van der Waals surface area contributed by atoms with E-state index in [2.05, 4.69) is 36.2 Å². The molecule has 2 rings (SSSR count). The number of likely N-dealkylation sites (tertiary alicyclic amines) is 1. The maximum atomic E-state index is 11.8. The fourth-order valence-electron chi connectivity index (χ4n) is 2.73. The molecule has 0 aliphatic carbocycles. The van der Waals surface area contributed by atoms with Crippen LogP contribution in [0.2, 0.25) is 0 Å². The molecule has 4 heteroatoms. The number of hydrogen-bond acceptors (Lipinski definition) is 3.